The summed E-state index contributed by atoms with van der Waals surface area (Å²) in [5.74, 6) is 1.13. The maximum absolute atomic E-state index is 10.7. The number of amides is 1. The van der Waals surface area contributed by atoms with Crippen molar-refractivity contribution in [2.24, 2.45) is 5.73 Å². The van der Waals surface area contributed by atoms with Crippen molar-refractivity contribution in [3.63, 3.8) is 0 Å². The van der Waals surface area contributed by atoms with Crippen LogP contribution in [0.4, 0.5) is 0 Å². The van der Waals surface area contributed by atoms with Crippen LogP contribution < -0.4 is 5.73 Å². The zero-order valence-corrected chi connectivity index (χ0v) is 8.43. The number of aromatic nitrogens is 1. The summed E-state index contributed by atoms with van der Waals surface area (Å²) in [5, 5.41) is 3.62. The van der Waals surface area contributed by atoms with E-state index in [4.69, 9.17) is 10.3 Å². The lowest BCUT2D eigenvalue weighted by molar-refractivity contribution is -0.117. The average Bonchev–Trinajstić information content (AvgIpc) is 2.47. The van der Waals surface area contributed by atoms with Gasteiger partial charge in [0.05, 0.1) is 10.9 Å². The highest BCUT2D eigenvalue weighted by Gasteiger charge is 2.10. The number of thioether (sulfide) groups is 1. The highest BCUT2D eigenvalue weighted by Crippen LogP contribution is 2.16. The summed E-state index contributed by atoms with van der Waals surface area (Å²) in [4.78, 5) is 10.7. The van der Waals surface area contributed by atoms with Gasteiger partial charge in [-0.1, -0.05) is 5.16 Å². The van der Waals surface area contributed by atoms with Gasteiger partial charge in [-0.2, -0.15) is 0 Å². The third-order valence-corrected chi connectivity index (χ3v) is 2.75. The van der Waals surface area contributed by atoms with Gasteiger partial charge in [0.15, 0.2) is 0 Å². The predicted molar refractivity (Wildman–Crippen MR) is 51.2 cm³/mol. The summed E-state index contributed by atoms with van der Waals surface area (Å²) in [5.41, 5.74) is 5.94. The molecule has 0 radical (unpaired) electrons. The van der Waals surface area contributed by atoms with E-state index in [1.165, 1.54) is 11.8 Å². The Kier molecular flexibility index (Phi) is 3.36. The number of hydrogen-bond donors (Lipinski definition) is 1. The minimum atomic E-state index is -0.301. The first-order valence-electron chi connectivity index (χ1n) is 3.92. The van der Waals surface area contributed by atoms with Crippen LogP contribution in [0.5, 0.6) is 0 Å². The maximum Gasteiger partial charge on any atom is 0.230 e. The molecule has 0 aromatic carbocycles. The summed E-state index contributed by atoms with van der Waals surface area (Å²) < 4.78 is 4.88. The molecule has 0 aliphatic heterocycles. The monoisotopic (exact) mass is 200 g/mol. The van der Waals surface area contributed by atoms with Crippen molar-refractivity contribution in [1.82, 2.24) is 5.16 Å². The van der Waals surface area contributed by atoms with Gasteiger partial charge < -0.3 is 10.3 Å². The number of carbonyl (C=O) groups is 1. The van der Waals surface area contributed by atoms with Gasteiger partial charge in [0.2, 0.25) is 5.91 Å². The van der Waals surface area contributed by atoms with Gasteiger partial charge >= 0.3 is 0 Å². The number of rotatable bonds is 4. The van der Waals surface area contributed by atoms with Crippen LogP contribution in [0, 0.1) is 6.92 Å². The Balaban J connectivity index is 2.39. The largest absolute Gasteiger partial charge is 0.369 e. The first-order chi connectivity index (χ1) is 6.09. The molecular weight excluding hydrogens is 188 g/mol. The van der Waals surface area contributed by atoms with E-state index in [9.17, 15) is 4.79 Å². The fraction of sp³-hybridized carbons (Fsp3) is 0.500. The lowest BCUT2D eigenvalue weighted by Gasteiger charge is -2.03. The molecule has 2 N–H and O–H groups in total. The van der Waals surface area contributed by atoms with Crippen molar-refractivity contribution < 1.29 is 9.32 Å². The van der Waals surface area contributed by atoms with E-state index in [0.717, 1.165) is 11.5 Å². The Hall–Kier alpha value is -0.970. The van der Waals surface area contributed by atoms with Crippen LogP contribution in [0.3, 0.4) is 0 Å². The molecule has 1 atom stereocenters. The lowest BCUT2D eigenvalue weighted by atomic mass is 10.4. The van der Waals surface area contributed by atoms with E-state index < -0.39 is 0 Å². The highest BCUT2D eigenvalue weighted by atomic mass is 32.2. The summed E-state index contributed by atoms with van der Waals surface area (Å²) in [6.45, 7) is 3.61. The van der Waals surface area contributed by atoms with Crippen molar-refractivity contribution >= 4 is 17.7 Å². The fourth-order valence-corrected chi connectivity index (χ4v) is 1.50. The van der Waals surface area contributed by atoms with E-state index in [0.29, 0.717) is 5.75 Å². The Morgan fingerprint density at radius 2 is 2.54 bits per heavy atom. The molecule has 72 valence electrons. The van der Waals surface area contributed by atoms with Gasteiger partial charge in [0.1, 0.15) is 5.76 Å². The van der Waals surface area contributed by atoms with E-state index in [2.05, 4.69) is 5.16 Å². The second-order valence-electron chi connectivity index (χ2n) is 2.78. The molecule has 13 heavy (non-hydrogen) atoms. The lowest BCUT2D eigenvalue weighted by Crippen LogP contribution is -2.22. The highest BCUT2D eigenvalue weighted by molar-refractivity contribution is 7.99. The number of primary amides is 1. The van der Waals surface area contributed by atoms with Crippen molar-refractivity contribution in [1.29, 1.82) is 0 Å². The molecule has 0 saturated heterocycles. The molecular formula is C8H12N2O2S. The predicted octanol–water partition coefficient (Wildman–Crippen LogP) is 1.09. The normalized spacial score (nSPS) is 12.8. The number of nitrogens with zero attached hydrogens (tertiary/aromatic N) is 1. The van der Waals surface area contributed by atoms with Crippen molar-refractivity contribution in [3.8, 4) is 0 Å². The minimum absolute atomic E-state index is 0.183. The zero-order valence-electron chi connectivity index (χ0n) is 7.61. The van der Waals surface area contributed by atoms with Gasteiger partial charge in [-0.05, 0) is 13.8 Å². The van der Waals surface area contributed by atoms with E-state index in [-0.39, 0.29) is 11.2 Å². The van der Waals surface area contributed by atoms with Crippen molar-refractivity contribution in [2.45, 2.75) is 24.9 Å². The fourth-order valence-electron chi connectivity index (χ4n) is 0.778. The number of carbonyl (C=O) groups excluding carboxylic acids is 1. The van der Waals surface area contributed by atoms with E-state index >= 15 is 0 Å². The standard InChI is InChI=1S/C8H12N2O2S/c1-5-3-7(10-12-5)4-13-6(2)8(9)11/h3,6H,4H2,1-2H3,(H2,9,11)/t6-/m1/s1. The Morgan fingerprint density at radius 1 is 1.85 bits per heavy atom. The topological polar surface area (TPSA) is 69.1 Å². The molecule has 0 bridgehead atoms. The Bertz CT molecular complexity index is 298. The van der Waals surface area contributed by atoms with Gasteiger partial charge in [0, 0.05) is 11.8 Å². The van der Waals surface area contributed by atoms with Crippen LogP contribution in [0.25, 0.3) is 0 Å². The third kappa shape index (κ3) is 3.10. The summed E-state index contributed by atoms with van der Waals surface area (Å²) >= 11 is 1.45. The molecule has 1 aromatic rings. The molecule has 0 aliphatic carbocycles. The van der Waals surface area contributed by atoms with Gasteiger partial charge in [-0.3, -0.25) is 4.79 Å². The van der Waals surface area contributed by atoms with Gasteiger partial charge in [-0.25, -0.2) is 0 Å². The van der Waals surface area contributed by atoms with Crippen LogP contribution in [-0.4, -0.2) is 16.3 Å². The first kappa shape index (κ1) is 10.1. The molecule has 1 heterocycles. The molecule has 1 amide bonds. The molecule has 0 aliphatic rings. The van der Waals surface area contributed by atoms with Crippen LogP contribution in [0.2, 0.25) is 0 Å². The van der Waals surface area contributed by atoms with Crippen LogP contribution >= 0.6 is 11.8 Å². The number of aryl methyl sites for hydroxylation is 1. The second-order valence-corrected chi connectivity index (χ2v) is 4.11. The molecule has 0 spiro atoms. The van der Waals surface area contributed by atoms with Gasteiger partial charge in [-0.15, -0.1) is 11.8 Å². The number of nitrogens with two attached hydrogens (primary N) is 1. The Morgan fingerprint density at radius 3 is 3.00 bits per heavy atom. The van der Waals surface area contributed by atoms with Crippen LogP contribution in [0.1, 0.15) is 18.4 Å². The van der Waals surface area contributed by atoms with Crippen molar-refractivity contribution in [2.75, 3.05) is 0 Å². The number of hydrogen-bond acceptors (Lipinski definition) is 4. The van der Waals surface area contributed by atoms with E-state index in [1.807, 2.05) is 13.0 Å². The third-order valence-electron chi connectivity index (χ3n) is 1.56. The maximum atomic E-state index is 10.7. The average molecular weight is 200 g/mol. The second kappa shape index (κ2) is 4.32. The molecule has 0 fully saturated rings. The van der Waals surface area contributed by atoms with Crippen LogP contribution in [0.15, 0.2) is 10.6 Å². The summed E-state index contributed by atoms with van der Waals surface area (Å²) in [6.07, 6.45) is 0. The molecule has 1 rings (SSSR count). The molecule has 1 aromatic heterocycles. The zero-order chi connectivity index (χ0) is 9.84. The minimum Gasteiger partial charge on any atom is -0.369 e. The quantitative estimate of drug-likeness (QED) is 0.789. The molecule has 0 unspecified atom stereocenters. The molecule has 5 heteroatoms. The Labute approximate surface area is 80.8 Å². The van der Waals surface area contributed by atoms with Gasteiger partial charge in [0.25, 0.3) is 0 Å². The van der Waals surface area contributed by atoms with E-state index in [1.54, 1.807) is 6.92 Å². The summed E-state index contributed by atoms with van der Waals surface area (Å²) in [7, 11) is 0. The molecule has 0 saturated carbocycles. The van der Waals surface area contributed by atoms with Crippen LogP contribution in [-0.2, 0) is 10.5 Å². The molecule has 4 nitrogen and oxygen atoms in total. The smallest absolute Gasteiger partial charge is 0.230 e. The SMILES string of the molecule is Cc1cc(CS[C@H](C)C(N)=O)no1. The van der Waals surface area contributed by atoms with Crippen molar-refractivity contribution in [3.05, 3.63) is 17.5 Å². The first-order valence-corrected chi connectivity index (χ1v) is 4.97. The summed E-state index contributed by atoms with van der Waals surface area (Å²) in [6, 6.07) is 1.85.